The summed E-state index contributed by atoms with van der Waals surface area (Å²) in [6, 6.07) is 0. The maximum absolute atomic E-state index is 3.17. The molecule has 0 aromatic rings. The van der Waals surface area contributed by atoms with Crippen molar-refractivity contribution in [3.05, 3.63) is 0 Å². The molecule has 0 aromatic carbocycles. The smallest absolute Gasteiger partial charge is 0.0193 e. The molecular weight excluding hydrogens is 142 g/mol. The predicted octanol–water partition coefficient (Wildman–Crippen LogP) is 2.43. The lowest BCUT2D eigenvalue weighted by atomic mass is 9.91. The topological polar surface area (TPSA) is 12.0 Å². The fraction of sp³-hybridized carbons (Fsp3) is 1.00. The monoisotopic (exact) mass is 159 g/mol. The first-order chi connectivity index (χ1) is 4.83. The Hall–Kier alpha value is 0.310. The Labute approximate surface area is 68.1 Å². The zero-order valence-electron chi connectivity index (χ0n) is 6.89. The number of hydrogen-bond acceptors (Lipinski definition) is 2. The highest BCUT2D eigenvalue weighted by Gasteiger charge is 2.17. The van der Waals surface area contributed by atoms with E-state index in [1.165, 1.54) is 25.7 Å². The first-order valence-electron chi connectivity index (χ1n) is 4.15. The van der Waals surface area contributed by atoms with Crippen molar-refractivity contribution in [3.8, 4) is 0 Å². The molecule has 2 heteroatoms. The van der Waals surface area contributed by atoms with Gasteiger partial charge in [0.25, 0.3) is 0 Å². The van der Waals surface area contributed by atoms with Gasteiger partial charge in [0.1, 0.15) is 0 Å². The first kappa shape index (κ1) is 8.41. The minimum absolute atomic E-state index is 0.890. The zero-order valence-corrected chi connectivity index (χ0v) is 7.71. The third-order valence-electron chi connectivity index (χ3n) is 2.25. The second-order valence-corrected chi connectivity index (χ2v) is 4.51. The molecule has 0 atom stereocenters. The second kappa shape index (κ2) is 4.24. The fourth-order valence-electron chi connectivity index (χ4n) is 1.51. The summed E-state index contributed by atoms with van der Waals surface area (Å²) in [5.41, 5.74) is 0. The molecule has 60 valence electrons. The molecule has 0 unspecified atom stereocenters. The van der Waals surface area contributed by atoms with Gasteiger partial charge in [-0.25, -0.2) is 0 Å². The van der Waals surface area contributed by atoms with Gasteiger partial charge in [0.15, 0.2) is 0 Å². The lowest BCUT2D eigenvalue weighted by Crippen LogP contribution is -2.16. The molecule has 1 rings (SSSR count). The van der Waals surface area contributed by atoms with E-state index in [0.29, 0.717) is 0 Å². The summed E-state index contributed by atoms with van der Waals surface area (Å²) in [4.78, 5) is 0. The molecule has 10 heavy (non-hydrogen) atoms. The van der Waals surface area contributed by atoms with Gasteiger partial charge in [-0.15, -0.1) is 0 Å². The summed E-state index contributed by atoms with van der Waals surface area (Å²) in [7, 11) is 2.02. The van der Waals surface area contributed by atoms with E-state index in [-0.39, 0.29) is 0 Å². The Balaban J connectivity index is 2.13. The largest absolute Gasteiger partial charge is 0.267 e. The molecule has 0 radical (unpaired) electrons. The van der Waals surface area contributed by atoms with Gasteiger partial charge in [0.05, 0.1) is 0 Å². The Kier molecular flexibility index (Phi) is 3.57. The summed E-state index contributed by atoms with van der Waals surface area (Å²) < 4.78 is 3.17. The average molecular weight is 159 g/mol. The van der Waals surface area contributed by atoms with Crippen LogP contribution in [0.4, 0.5) is 0 Å². The van der Waals surface area contributed by atoms with Crippen LogP contribution >= 0.6 is 11.9 Å². The molecule has 1 fully saturated rings. The number of rotatable bonds is 2. The summed E-state index contributed by atoms with van der Waals surface area (Å²) in [5.74, 6) is 0.980. The molecule has 1 aliphatic carbocycles. The van der Waals surface area contributed by atoms with E-state index in [9.17, 15) is 0 Å². The van der Waals surface area contributed by atoms with Gasteiger partial charge in [-0.05, 0) is 38.6 Å². The van der Waals surface area contributed by atoms with Crippen LogP contribution in [-0.2, 0) is 0 Å². The fourth-order valence-corrected chi connectivity index (χ4v) is 2.36. The molecule has 0 aliphatic heterocycles. The molecule has 0 bridgehead atoms. The van der Waals surface area contributed by atoms with E-state index in [0.717, 1.165) is 11.2 Å². The Morgan fingerprint density at radius 2 is 1.80 bits per heavy atom. The van der Waals surface area contributed by atoms with E-state index in [1.54, 1.807) is 0 Å². The standard InChI is InChI=1S/C8H17NS/c1-7-3-5-8(6-4-7)10-9-2/h7-9H,3-6H2,1-2H3. The van der Waals surface area contributed by atoms with Crippen molar-refractivity contribution in [1.29, 1.82) is 0 Å². The van der Waals surface area contributed by atoms with Crippen LogP contribution in [0, 0.1) is 5.92 Å². The van der Waals surface area contributed by atoms with Crippen molar-refractivity contribution >= 4 is 11.9 Å². The summed E-state index contributed by atoms with van der Waals surface area (Å²) in [6.07, 6.45) is 5.68. The molecule has 0 saturated heterocycles. The molecule has 1 nitrogen and oxygen atoms in total. The Bertz CT molecular complexity index is 87.3. The summed E-state index contributed by atoms with van der Waals surface area (Å²) >= 11 is 1.90. The molecular formula is C8H17NS. The van der Waals surface area contributed by atoms with Gasteiger partial charge in [0.2, 0.25) is 0 Å². The van der Waals surface area contributed by atoms with E-state index in [2.05, 4.69) is 11.6 Å². The van der Waals surface area contributed by atoms with Crippen molar-refractivity contribution < 1.29 is 0 Å². The molecule has 1 N–H and O–H groups in total. The van der Waals surface area contributed by atoms with Crippen LogP contribution in [-0.4, -0.2) is 12.3 Å². The molecule has 0 heterocycles. The van der Waals surface area contributed by atoms with Gasteiger partial charge >= 0.3 is 0 Å². The highest BCUT2D eigenvalue weighted by atomic mass is 32.2. The van der Waals surface area contributed by atoms with E-state index < -0.39 is 0 Å². The third kappa shape index (κ3) is 2.51. The van der Waals surface area contributed by atoms with Crippen LogP contribution in [0.3, 0.4) is 0 Å². The minimum atomic E-state index is 0.890. The Morgan fingerprint density at radius 1 is 1.20 bits per heavy atom. The van der Waals surface area contributed by atoms with Gasteiger partial charge in [0, 0.05) is 5.25 Å². The summed E-state index contributed by atoms with van der Waals surface area (Å²) in [5, 5.41) is 0.890. The maximum Gasteiger partial charge on any atom is 0.0193 e. The predicted molar refractivity (Wildman–Crippen MR) is 48.1 cm³/mol. The van der Waals surface area contributed by atoms with E-state index in [1.807, 2.05) is 19.0 Å². The third-order valence-corrected chi connectivity index (χ3v) is 3.29. The minimum Gasteiger partial charge on any atom is -0.267 e. The molecule has 1 saturated carbocycles. The van der Waals surface area contributed by atoms with Crippen molar-refractivity contribution in [2.75, 3.05) is 7.05 Å². The first-order valence-corrected chi connectivity index (χ1v) is 5.03. The maximum atomic E-state index is 3.17. The van der Waals surface area contributed by atoms with Gasteiger partial charge in [-0.2, -0.15) is 0 Å². The van der Waals surface area contributed by atoms with Crippen LogP contribution in [0.1, 0.15) is 32.6 Å². The molecule has 0 aromatic heterocycles. The second-order valence-electron chi connectivity index (χ2n) is 3.20. The molecule has 0 amide bonds. The van der Waals surface area contributed by atoms with Gasteiger partial charge < -0.3 is 0 Å². The van der Waals surface area contributed by atoms with Gasteiger partial charge in [-0.3, -0.25) is 4.72 Å². The zero-order chi connectivity index (χ0) is 7.40. The average Bonchev–Trinajstić information content (AvgIpc) is 1.95. The van der Waals surface area contributed by atoms with Crippen LogP contribution in [0.5, 0.6) is 0 Å². The van der Waals surface area contributed by atoms with Crippen LogP contribution in [0.25, 0.3) is 0 Å². The number of nitrogens with one attached hydrogen (secondary N) is 1. The van der Waals surface area contributed by atoms with Crippen LogP contribution in [0.2, 0.25) is 0 Å². The quantitative estimate of drug-likeness (QED) is 0.621. The van der Waals surface area contributed by atoms with E-state index >= 15 is 0 Å². The van der Waals surface area contributed by atoms with Crippen molar-refractivity contribution in [1.82, 2.24) is 4.72 Å². The van der Waals surface area contributed by atoms with Crippen molar-refractivity contribution in [3.63, 3.8) is 0 Å². The van der Waals surface area contributed by atoms with Gasteiger partial charge in [-0.1, -0.05) is 18.9 Å². The molecule has 0 spiro atoms. The Morgan fingerprint density at radius 3 is 2.30 bits per heavy atom. The van der Waals surface area contributed by atoms with Crippen molar-refractivity contribution in [2.45, 2.75) is 37.9 Å². The normalized spacial score (nSPS) is 34.2. The number of hydrogen-bond donors (Lipinski definition) is 1. The highest BCUT2D eigenvalue weighted by Crippen LogP contribution is 2.29. The SMILES string of the molecule is CNSC1CCC(C)CC1. The lowest BCUT2D eigenvalue weighted by molar-refractivity contribution is 0.393. The van der Waals surface area contributed by atoms with Crippen LogP contribution < -0.4 is 4.72 Å². The lowest BCUT2D eigenvalue weighted by Gasteiger charge is -2.24. The highest BCUT2D eigenvalue weighted by molar-refractivity contribution is 7.98. The van der Waals surface area contributed by atoms with Crippen molar-refractivity contribution in [2.24, 2.45) is 5.92 Å². The summed E-state index contributed by atoms with van der Waals surface area (Å²) in [6.45, 7) is 2.36. The van der Waals surface area contributed by atoms with Crippen LogP contribution in [0.15, 0.2) is 0 Å². The van der Waals surface area contributed by atoms with E-state index in [4.69, 9.17) is 0 Å². The molecule has 1 aliphatic rings.